The van der Waals surface area contributed by atoms with Crippen molar-refractivity contribution in [3.05, 3.63) is 47.6 Å². The summed E-state index contributed by atoms with van der Waals surface area (Å²) < 4.78 is 141. The summed E-state index contributed by atoms with van der Waals surface area (Å²) in [5.41, 5.74) is -2.04. The first-order chi connectivity index (χ1) is 18.1. The number of pyridine rings is 1. The first-order valence-electron chi connectivity index (χ1n) is 14.2. The van der Waals surface area contributed by atoms with E-state index in [4.69, 9.17) is 25.3 Å². The van der Waals surface area contributed by atoms with E-state index in [9.17, 15) is 4.55 Å². The van der Waals surface area contributed by atoms with E-state index in [-0.39, 0.29) is 11.0 Å². The third kappa shape index (κ3) is 4.31. The number of hydrogen-bond donors (Lipinski definition) is 1. The third-order valence-electron chi connectivity index (χ3n) is 2.83. The number of hydrogen-bond acceptors (Lipinski definition) is 5. The van der Waals surface area contributed by atoms with Crippen molar-refractivity contribution in [3.63, 3.8) is 0 Å². The highest BCUT2D eigenvalue weighted by atomic mass is 32.2. The number of nitrogens with zero attached hydrogens (tertiary/aromatic N) is 2. The van der Waals surface area contributed by atoms with Gasteiger partial charge in [0.15, 0.2) is 5.75 Å². The molecule has 7 heteroatoms. The lowest BCUT2D eigenvalue weighted by Crippen LogP contribution is -2.10. The molecule has 0 aliphatic rings. The summed E-state index contributed by atoms with van der Waals surface area (Å²) in [4.78, 5) is 10.1. The third-order valence-corrected chi connectivity index (χ3v) is 3.99. The molecule has 6 nitrogen and oxygen atoms in total. The molecule has 0 aliphatic heterocycles. The SMILES string of the molecule is [2H]c1nc(C[S+]([O-])c2nc3c([2H])c([2H])c([2H])c([2H])c3[nH]2)c(C([2H])([2H])[2H])c(OC([2H])([2H])C([2H])([2H])C([2H])([2H])OC)c1[2H]. The van der Waals surface area contributed by atoms with Gasteiger partial charge >= 0.3 is 5.16 Å². The zero-order valence-electron chi connectivity index (χ0n) is 27.7. The monoisotopic (exact) mass is 374 g/mol. The lowest BCUT2D eigenvalue weighted by molar-refractivity contribution is 0.172. The van der Waals surface area contributed by atoms with Gasteiger partial charge in [0, 0.05) is 49.8 Å². The van der Waals surface area contributed by atoms with E-state index >= 15 is 0 Å². The van der Waals surface area contributed by atoms with Crippen molar-refractivity contribution in [2.75, 3.05) is 20.2 Å². The molecular weight excluding hydrogens is 338 g/mol. The Labute approximate surface area is 170 Å². The Bertz CT molecular complexity index is 1420. The van der Waals surface area contributed by atoms with Crippen LogP contribution in [0.1, 0.15) is 38.2 Å². The molecule has 0 amide bonds. The summed E-state index contributed by atoms with van der Waals surface area (Å²) in [5, 5.41) is -0.399. The van der Waals surface area contributed by atoms with Gasteiger partial charge < -0.3 is 14.0 Å². The van der Waals surface area contributed by atoms with Crippen LogP contribution in [0.25, 0.3) is 11.0 Å². The molecule has 2 heterocycles. The second-order valence-corrected chi connectivity index (χ2v) is 5.76. The number of aromatic amines is 1. The Morgan fingerprint density at radius 1 is 1.36 bits per heavy atom. The molecule has 3 aromatic rings. The van der Waals surface area contributed by atoms with E-state index in [1.165, 1.54) is 0 Å². The van der Waals surface area contributed by atoms with Crippen molar-refractivity contribution < 1.29 is 34.6 Å². The fourth-order valence-corrected chi connectivity index (χ4v) is 2.75. The van der Waals surface area contributed by atoms with Crippen LogP contribution in [0.3, 0.4) is 0 Å². The largest absolute Gasteiger partial charge is 0.609 e. The molecular formula is C18H21N3O3S. The van der Waals surface area contributed by atoms with Crippen LogP contribution in [-0.4, -0.2) is 39.7 Å². The second-order valence-electron chi connectivity index (χ2n) is 4.39. The Hall–Kier alpha value is -2.09. The zero-order chi connectivity index (χ0) is 30.7. The minimum Gasteiger partial charge on any atom is -0.609 e. The van der Waals surface area contributed by atoms with E-state index in [2.05, 4.69) is 19.7 Å². The van der Waals surface area contributed by atoms with Crippen molar-refractivity contribution in [2.24, 2.45) is 0 Å². The molecule has 2 aromatic heterocycles. The van der Waals surface area contributed by atoms with E-state index in [1.807, 2.05) is 0 Å². The van der Waals surface area contributed by atoms with Crippen LogP contribution < -0.4 is 4.74 Å². The predicted molar refractivity (Wildman–Crippen MR) is 97.2 cm³/mol. The Kier molecular flexibility index (Phi) is 2.30. The molecule has 0 fully saturated rings. The number of para-hydroxylation sites is 2. The first kappa shape index (κ1) is 6.90. The van der Waals surface area contributed by atoms with Crippen LogP contribution in [0.2, 0.25) is 0 Å². The van der Waals surface area contributed by atoms with Crippen molar-refractivity contribution >= 4 is 22.2 Å². The molecule has 3 rings (SSSR count). The van der Waals surface area contributed by atoms with Gasteiger partial charge in [-0.1, -0.05) is 12.1 Å². The summed E-state index contributed by atoms with van der Waals surface area (Å²) in [5.74, 6) is -1.98. The van der Waals surface area contributed by atoms with Gasteiger partial charge in [0.25, 0.3) is 0 Å². The minimum absolute atomic E-state index is 0.173. The van der Waals surface area contributed by atoms with Gasteiger partial charge in [0.2, 0.25) is 0 Å². The van der Waals surface area contributed by atoms with Crippen LogP contribution in [-0.2, 0) is 21.7 Å². The number of ether oxygens (including phenoxy) is 2. The van der Waals surface area contributed by atoms with Gasteiger partial charge in [-0.25, -0.2) is 0 Å². The minimum atomic E-state index is -3.66. The van der Waals surface area contributed by atoms with Crippen molar-refractivity contribution in [3.8, 4) is 5.75 Å². The fourth-order valence-electron chi connectivity index (χ4n) is 1.74. The van der Waals surface area contributed by atoms with Gasteiger partial charge in [-0.2, -0.15) is 4.98 Å². The van der Waals surface area contributed by atoms with E-state index in [0.29, 0.717) is 0 Å². The van der Waals surface area contributed by atoms with Crippen LogP contribution in [0, 0.1) is 6.85 Å². The summed E-state index contributed by atoms with van der Waals surface area (Å²) in [6.45, 7) is -10.2. The number of fused-ring (bicyclic) bond motifs is 1. The maximum Gasteiger partial charge on any atom is 0.322 e. The predicted octanol–water partition coefficient (Wildman–Crippen LogP) is 2.99. The number of aromatic nitrogens is 3. The molecule has 0 saturated carbocycles. The van der Waals surface area contributed by atoms with Crippen molar-refractivity contribution in [2.45, 2.75) is 24.1 Å². The summed E-state index contributed by atoms with van der Waals surface area (Å²) in [6.07, 6.45) is -4.53. The smallest absolute Gasteiger partial charge is 0.322 e. The van der Waals surface area contributed by atoms with Gasteiger partial charge in [-0.15, -0.1) is 0 Å². The highest BCUT2D eigenvalue weighted by Crippen LogP contribution is 2.24. The average Bonchev–Trinajstić information content (AvgIpc) is 3.29. The standard InChI is InChI=1S/C18H21N3O3S/c1-13-16(19-9-8-17(13)24-11-5-10-23-2)12-25(22)18-20-14-6-3-4-7-15(14)21-18/h3-4,6-9H,5,10-12H2,1-2H3,(H,20,21)/i1D3,3D,4D,5D2,6D,7D,8D,9D,10D2,11D2. The number of rotatable bonds is 8. The maximum atomic E-state index is 13.2. The van der Waals surface area contributed by atoms with E-state index in [0.717, 1.165) is 7.11 Å². The van der Waals surface area contributed by atoms with Gasteiger partial charge in [0.05, 0.1) is 37.0 Å². The molecule has 0 bridgehead atoms. The number of benzene rings is 1. The molecule has 0 aliphatic carbocycles. The molecule has 132 valence electrons. The molecule has 0 spiro atoms. The van der Waals surface area contributed by atoms with Crippen LogP contribution in [0.5, 0.6) is 5.75 Å². The molecule has 1 aromatic carbocycles. The van der Waals surface area contributed by atoms with Crippen LogP contribution >= 0.6 is 0 Å². The highest BCUT2D eigenvalue weighted by molar-refractivity contribution is 7.90. The second kappa shape index (κ2) is 8.33. The summed E-state index contributed by atoms with van der Waals surface area (Å²) in [6, 6.07) is -3.25. The highest BCUT2D eigenvalue weighted by Gasteiger charge is 2.20. The van der Waals surface area contributed by atoms with Crippen LogP contribution in [0.4, 0.5) is 0 Å². The number of H-pyrrole nitrogens is 1. The Morgan fingerprint density at radius 3 is 3.08 bits per heavy atom. The van der Waals surface area contributed by atoms with E-state index in [1.54, 1.807) is 0 Å². The van der Waals surface area contributed by atoms with Gasteiger partial charge in [0.1, 0.15) is 5.75 Å². The van der Waals surface area contributed by atoms with Gasteiger partial charge in [-0.3, -0.25) is 9.97 Å². The topological polar surface area (TPSA) is 83.1 Å². The Balaban J connectivity index is 2.16. The first-order valence-corrected chi connectivity index (χ1v) is 8.00. The number of nitrogens with one attached hydrogen (secondary N) is 1. The lowest BCUT2D eigenvalue weighted by atomic mass is 10.2. The van der Waals surface area contributed by atoms with Crippen LogP contribution in [0.15, 0.2) is 41.5 Å². The number of imidazole rings is 1. The fraction of sp³-hybridized carbons (Fsp3) is 0.333. The molecule has 1 unspecified atom stereocenters. The van der Waals surface area contributed by atoms with Gasteiger partial charge in [-0.05, 0) is 25.0 Å². The average molecular weight is 375 g/mol. The Morgan fingerprint density at radius 2 is 2.24 bits per heavy atom. The molecule has 0 saturated heterocycles. The lowest BCUT2D eigenvalue weighted by Gasteiger charge is -2.12. The van der Waals surface area contributed by atoms with Crippen molar-refractivity contribution in [1.29, 1.82) is 0 Å². The maximum absolute atomic E-state index is 13.2. The van der Waals surface area contributed by atoms with Crippen molar-refractivity contribution in [1.82, 2.24) is 15.0 Å². The molecule has 0 radical (unpaired) electrons. The molecule has 25 heavy (non-hydrogen) atoms. The van der Waals surface area contributed by atoms with E-state index < -0.39 is 102 Å². The summed E-state index contributed by atoms with van der Waals surface area (Å²) >= 11 is -2.34. The molecule has 1 atom stereocenters. The normalized spacial score (nSPS) is 23.4. The molecule has 1 N–H and O–H groups in total. The quantitative estimate of drug-likeness (QED) is 0.613. The summed E-state index contributed by atoms with van der Waals surface area (Å²) in [7, 11) is 0.764. The zero-order valence-corrected chi connectivity index (χ0v) is 13.6. The number of methoxy groups -OCH3 is 1.